The molecule has 194 valence electrons. The second-order valence-corrected chi connectivity index (χ2v) is 8.93. The highest BCUT2D eigenvalue weighted by molar-refractivity contribution is 5.95. The molecule has 1 aliphatic rings. The molecule has 1 unspecified atom stereocenters. The Morgan fingerprint density at radius 3 is 2.68 bits per heavy atom. The van der Waals surface area contributed by atoms with Crippen molar-refractivity contribution in [1.82, 2.24) is 14.9 Å². The van der Waals surface area contributed by atoms with Gasteiger partial charge in [-0.05, 0) is 78.5 Å². The van der Waals surface area contributed by atoms with E-state index in [1.54, 1.807) is 6.07 Å². The zero-order chi connectivity index (χ0) is 26.4. The number of nitrogens with one attached hydrogen (secondary N) is 2. The Morgan fingerprint density at radius 1 is 1.08 bits per heavy atom. The van der Waals surface area contributed by atoms with Crippen molar-refractivity contribution in [3.63, 3.8) is 0 Å². The van der Waals surface area contributed by atoms with Crippen molar-refractivity contribution >= 4 is 22.7 Å². The quantitative estimate of drug-likeness (QED) is 0.270. The molecule has 2 heterocycles. The number of fused-ring (bicyclic) bond motifs is 3. The number of ether oxygens (including phenoxy) is 1. The first-order chi connectivity index (χ1) is 18.1. The number of H-pyrrole nitrogens is 1. The van der Waals surface area contributed by atoms with Gasteiger partial charge in [0.25, 0.3) is 0 Å². The number of aromatic nitrogens is 2. The molecule has 3 aromatic carbocycles. The first kappa shape index (κ1) is 26.4. The van der Waals surface area contributed by atoms with Crippen LogP contribution in [0.25, 0.3) is 22.7 Å². The van der Waals surface area contributed by atoms with Gasteiger partial charge in [-0.1, -0.05) is 58.0 Å². The minimum Gasteiger partial charge on any atom is -0.488 e. The second-order valence-electron chi connectivity index (χ2n) is 8.93. The summed E-state index contributed by atoms with van der Waals surface area (Å²) in [5.74, 6) is 0.202. The first-order valence-electron chi connectivity index (χ1n) is 13.3. The summed E-state index contributed by atoms with van der Waals surface area (Å²) in [5.41, 5.74) is 6.50. The molecule has 0 saturated carbocycles. The predicted molar refractivity (Wildman–Crippen MR) is 151 cm³/mol. The van der Waals surface area contributed by atoms with Crippen molar-refractivity contribution in [2.75, 3.05) is 13.1 Å². The number of hydrogen-bond donors (Lipinski definition) is 2. The first-order valence-corrected chi connectivity index (χ1v) is 13.3. The molecule has 2 N–H and O–H groups in total. The maximum atomic E-state index is 14.0. The molecule has 0 radical (unpaired) electrons. The standard InChI is InChI=1S/C29H30FN3O2.C2H6/c1-3-22(13-14-31-4-2)33-27-12-9-19(16-26(27)32-29(33)34)15-25-23-8-6-5-7-20(23)18-35-28-17-21(30)10-11-24(25)28;1-2/h5-12,15-17,22,31H,3-4,13-14,18H2,1-2H3,(H,32,34);1-2H3/b25-15+;. The maximum Gasteiger partial charge on any atom is 0.326 e. The smallest absolute Gasteiger partial charge is 0.326 e. The van der Waals surface area contributed by atoms with Gasteiger partial charge in [0.2, 0.25) is 0 Å². The Balaban J connectivity index is 0.00000156. The van der Waals surface area contributed by atoms with Gasteiger partial charge in [0, 0.05) is 17.7 Å². The number of aromatic amines is 1. The average Bonchev–Trinajstić information content (AvgIpc) is 3.16. The normalized spacial score (nSPS) is 14.2. The third-order valence-corrected chi connectivity index (χ3v) is 6.72. The van der Waals surface area contributed by atoms with E-state index in [1.807, 2.05) is 54.8 Å². The summed E-state index contributed by atoms with van der Waals surface area (Å²) in [7, 11) is 0. The van der Waals surface area contributed by atoms with Crippen LogP contribution in [0.3, 0.4) is 0 Å². The van der Waals surface area contributed by atoms with Crippen LogP contribution >= 0.6 is 0 Å². The molecule has 5 nitrogen and oxygen atoms in total. The van der Waals surface area contributed by atoms with Crippen molar-refractivity contribution in [1.29, 1.82) is 0 Å². The molecule has 0 amide bonds. The zero-order valence-corrected chi connectivity index (χ0v) is 22.1. The molecule has 6 heteroatoms. The van der Waals surface area contributed by atoms with Crippen LogP contribution in [-0.4, -0.2) is 22.6 Å². The van der Waals surface area contributed by atoms with E-state index >= 15 is 0 Å². The lowest BCUT2D eigenvalue weighted by atomic mass is 9.92. The van der Waals surface area contributed by atoms with E-state index in [9.17, 15) is 9.18 Å². The summed E-state index contributed by atoms with van der Waals surface area (Å²) < 4.78 is 21.8. The number of benzene rings is 3. The van der Waals surface area contributed by atoms with Gasteiger partial charge in [0.15, 0.2) is 0 Å². The molecule has 4 aromatic rings. The van der Waals surface area contributed by atoms with E-state index in [1.165, 1.54) is 12.1 Å². The monoisotopic (exact) mass is 501 g/mol. The number of hydrogen-bond acceptors (Lipinski definition) is 3. The Hall–Kier alpha value is -3.64. The summed E-state index contributed by atoms with van der Waals surface area (Å²) in [4.78, 5) is 15.9. The minimum atomic E-state index is -0.325. The fourth-order valence-corrected chi connectivity index (χ4v) is 4.93. The van der Waals surface area contributed by atoms with Gasteiger partial charge >= 0.3 is 5.69 Å². The van der Waals surface area contributed by atoms with Crippen LogP contribution in [0, 0.1) is 5.82 Å². The van der Waals surface area contributed by atoms with Crippen molar-refractivity contribution in [3.8, 4) is 5.75 Å². The Morgan fingerprint density at radius 2 is 1.89 bits per heavy atom. The minimum absolute atomic E-state index is 0.0813. The molecular weight excluding hydrogens is 465 g/mol. The van der Waals surface area contributed by atoms with Gasteiger partial charge in [-0.2, -0.15) is 0 Å². The van der Waals surface area contributed by atoms with Crippen LogP contribution < -0.4 is 15.7 Å². The fraction of sp³-hybridized carbons (Fsp3) is 0.323. The molecule has 37 heavy (non-hydrogen) atoms. The lowest BCUT2D eigenvalue weighted by Crippen LogP contribution is -2.25. The van der Waals surface area contributed by atoms with E-state index < -0.39 is 0 Å². The van der Waals surface area contributed by atoms with E-state index in [-0.39, 0.29) is 17.5 Å². The van der Waals surface area contributed by atoms with Crippen molar-refractivity contribution in [2.45, 2.75) is 53.2 Å². The summed E-state index contributed by atoms with van der Waals surface area (Å²) in [6.07, 6.45) is 3.86. The molecule has 0 spiro atoms. The molecular formula is C31H36FN3O2. The Bertz CT molecular complexity index is 1450. The van der Waals surface area contributed by atoms with E-state index in [0.29, 0.717) is 12.4 Å². The van der Waals surface area contributed by atoms with E-state index in [0.717, 1.165) is 64.8 Å². The zero-order valence-electron chi connectivity index (χ0n) is 22.1. The van der Waals surface area contributed by atoms with Crippen molar-refractivity contribution in [2.24, 2.45) is 0 Å². The molecule has 5 rings (SSSR count). The SMILES string of the molecule is CC.CCNCCC(CC)n1c(=O)[nH]c2cc(/C=C3\c4ccccc4COc4cc(F)ccc43)ccc21. The number of nitrogens with zero attached hydrogens (tertiary/aromatic N) is 1. The molecule has 1 aliphatic heterocycles. The summed E-state index contributed by atoms with van der Waals surface area (Å²) in [6.45, 7) is 10.4. The molecule has 0 saturated heterocycles. The van der Waals surface area contributed by atoms with Gasteiger partial charge in [-0.3, -0.25) is 4.57 Å². The number of halogens is 1. The average molecular weight is 502 g/mol. The highest BCUT2D eigenvalue weighted by Crippen LogP contribution is 2.38. The van der Waals surface area contributed by atoms with E-state index in [2.05, 4.69) is 36.3 Å². The fourth-order valence-electron chi connectivity index (χ4n) is 4.93. The maximum absolute atomic E-state index is 14.0. The van der Waals surface area contributed by atoms with Crippen LogP contribution in [0.4, 0.5) is 4.39 Å². The third kappa shape index (κ3) is 5.54. The van der Waals surface area contributed by atoms with Gasteiger partial charge in [0.1, 0.15) is 18.2 Å². The largest absolute Gasteiger partial charge is 0.488 e. The second kappa shape index (κ2) is 12.1. The third-order valence-electron chi connectivity index (χ3n) is 6.72. The highest BCUT2D eigenvalue weighted by atomic mass is 19.1. The van der Waals surface area contributed by atoms with Crippen LogP contribution in [0.5, 0.6) is 5.75 Å². The highest BCUT2D eigenvalue weighted by Gasteiger charge is 2.20. The lowest BCUT2D eigenvalue weighted by molar-refractivity contribution is 0.305. The van der Waals surface area contributed by atoms with Crippen molar-refractivity contribution < 1.29 is 9.13 Å². The summed E-state index contributed by atoms with van der Waals surface area (Å²) >= 11 is 0. The van der Waals surface area contributed by atoms with Crippen molar-refractivity contribution in [3.05, 3.63) is 99.2 Å². The topological polar surface area (TPSA) is 59.0 Å². The van der Waals surface area contributed by atoms with Gasteiger partial charge in [0.05, 0.1) is 11.0 Å². The molecule has 0 aliphatic carbocycles. The van der Waals surface area contributed by atoms with Crippen LogP contribution in [0.2, 0.25) is 0 Å². The molecule has 0 fully saturated rings. The van der Waals surface area contributed by atoms with Crippen LogP contribution in [0.1, 0.15) is 68.8 Å². The van der Waals surface area contributed by atoms with Crippen LogP contribution in [-0.2, 0) is 6.61 Å². The Kier molecular flexibility index (Phi) is 8.62. The Labute approximate surface area is 218 Å². The van der Waals surface area contributed by atoms with Crippen LogP contribution in [0.15, 0.2) is 65.5 Å². The number of imidazole rings is 1. The summed E-state index contributed by atoms with van der Waals surface area (Å²) in [5, 5.41) is 3.35. The molecule has 0 bridgehead atoms. The van der Waals surface area contributed by atoms with E-state index in [4.69, 9.17) is 4.74 Å². The molecule has 1 aromatic heterocycles. The van der Waals surface area contributed by atoms with Gasteiger partial charge < -0.3 is 15.0 Å². The predicted octanol–water partition coefficient (Wildman–Crippen LogP) is 6.93. The van der Waals surface area contributed by atoms with Gasteiger partial charge in [-0.25, -0.2) is 9.18 Å². The molecule has 1 atom stereocenters. The number of rotatable bonds is 7. The lowest BCUT2D eigenvalue weighted by Gasteiger charge is -2.17. The van der Waals surface area contributed by atoms with Gasteiger partial charge in [-0.15, -0.1) is 0 Å². The summed E-state index contributed by atoms with van der Waals surface area (Å²) in [6, 6.07) is 18.9.